The van der Waals surface area contributed by atoms with Crippen molar-refractivity contribution in [3.8, 4) is 0 Å². The molecular formula is C9H20N2O2. The van der Waals surface area contributed by atoms with Crippen LogP contribution in [0.5, 0.6) is 0 Å². The maximum absolute atomic E-state index is 10.2. The van der Waals surface area contributed by atoms with Crippen LogP contribution in [0.15, 0.2) is 0 Å². The molecule has 0 radical (unpaired) electrons. The average molecular weight is 188 g/mol. The molecule has 2 atom stereocenters. The molecule has 0 aromatic carbocycles. The van der Waals surface area contributed by atoms with Gasteiger partial charge in [-0.3, -0.25) is 0 Å². The van der Waals surface area contributed by atoms with Gasteiger partial charge in [-0.1, -0.05) is 20.8 Å². The molecular weight excluding hydrogens is 168 g/mol. The van der Waals surface area contributed by atoms with Crippen molar-refractivity contribution in [2.45, 2.75) is 33.2 Å². The molecule has 78 valence electrons. The second-order valence-electron chi connectivity index (χ2n) is 3.72. The zero-order valence-electron chi connectivity index (χ0n) is 8.62. The predicted molar refractivity (Wildman–Crippen MR) is 52.1 cm³/mol. The molecule has 13 heavy (non-hydrogen) atoms. The van der Waals surface area contributed by atoms with Gasteiger partial charge in [-0.15, -0.1) is 0 Å². The number of hydrogen-bond acceptors (Lipinski definition) is 3. The lowest BCUT2D eigenvalue weighted by Crippen LogP contribution is -2.33. The molecule has 2 unspecified atom stereocenters. The molecule has 1 amide bonds. The van der Waals surface area contributed by atoms with Crippen molar-refractivity contribution >= 4 is 6.09 Å². The van der Waals surface area contributed by atoms with Gasteiger partial charge in [-0.05, 0) is 18.3 Å². The van der Waals surface area contributed by atoms with Gasteiger partial charge in [0, 0.05) is 6.04 Å². The number of ether oxygens (including phenoxy) is 1. The number of primary amides is 1. The van der Waals surface area contributed by atoms with E-state index in [1.807, 2.05) is 0 Å². The number of carbonyl (C=O) groups excluding carboxylic acids is 1. The first-order valence-corrected chi connectivity index (χ1v) is 4.63. The van der Waals surface area contributed by atoms with Crippen LogP contribution in [-0.4, -0.2) is 18.7 Å². The van der Waals surface area contributed by atoms with E-state index in [0.29, 0.717) is 24.9 Å². The molecule has 0 spiro atoms. The predicted octanol–water partition coefficient (Wildman–Crippen LogP) is 1.09. The summed E-state index contributed by atoms with van der Waals surface area (Å²) in [7, 11) is 0. The second kappa shape index (κ2) is 5.80. The average Bonchev–Trinajstić information content (AvgIpc) is 2.02. The highest BCUT2D eigenvalue weighted by Gasteiger charge is 2.16. The number of carbonyl (C=O) groups is 1. The molecule has 0 aromatic rings. The van der Waals surface area contributed by atoms with E-state index in [2.05, 4.69) is 25.5 Å². The summed E-state index contributed by atoms with van der Waals surface area (Å²) in [4.78, 5) is 10.2. The SMILES string of the molecule is CC(C)C(C)C(N)CCOC(N)=O. The molecule has 0 saturated heterocycles. The van der Waals surface area contributed by atoms with E-state index in [4.69, 9.17) is 11.5 Å². The first kappa shape index (κ1) is 12.2. The Morgan fingerprint density at radius 1 is 1.38 bits per heavy atom. The van der Waals surface area contributed by atoms with Crippen LogP contribution in [0.4, 0.5) is 4.79 Å². The van der Waals surface area contributed by atoms with E-state index >= 15 is 0 Å². The van der Waals surface area contributed by atoms with Crippen molar-refractivity contribution < 1.29 is 9.53 Å². The maximum atomic E-state index is 10.2. The fourth-order valence-corrected chi connectivity index (χ4v) is 1.05. The minimum Gasteiger partial charge on any atom is -0.450 e. The Labute approximate surface area is 79.6 Å². The topological polar surface area (TPSA) is 78.3 Å². The van der Waals surface area contributed by atoms with Crippen molar-refractivity contribution in [1.82, 2.24) is 0 Å². The molecule has 4 heteroatoms. The van der Waals surface area contributed by atoms with Crippen molar-refractivity contribution in [3.05, 3.63) is 0 Å². The van der Waals surface area contributed by atoms with Crippen molar-refractivity contribution in [2.24, 2.45) is 23.3 Å². The summed E-state index contributed by atoms with van der Waals surface area (Å²) in [5, 5.41) is 0. The zero-order valence-corrected chi connectivity index (χ0v) is 8.62. The van der Waals surface area contributed by atoms with Gasteiger partial charge in [0.15, 0.2) is 0 Å². The normalized spacial score (nSPS) is 15.5. The van der Waals surface area contributed by atoms with Crippen molar-refractivity contribution in [1.29, 1.82) is 0 Å². The van der Waals surface area contributed by atoms with Gasteiger partial charge >= 0.3 is 6.09 Å². The van der Waals surface area contributed by atoms with Gasteiger partial charge in [0.2, 0.25) is 0 Å². The van der Waals surface area contributed by atoms with Gasteiger partial charge in [0.25, 0.3) is 0 Å². The lowest BCUT2D eigenvalue weighted by Gasteiger charge is -2.22. The Morgan fingerprint density at radius 3 is 2.31 bits per heavy atom. The van der Waals surface area contributed by atoms with Gasteiger partial charge in [-0.25, -0.2) is 4.79 Å². The van der Waals surface area contributed by atoms with Crippen LogP contribution < -0.4 is 11.5 Å². The summed E-state index contributed by atoms with van der Waals surface area (Å²) in [6.45, 7) is 6.66. The third kappa shape index (κ3) is 5.47. The highest BCUT2D eigenvalue weighted by molar-refractivity contribution is 5.64. The first-order chi connectivity index (χ1) is 5.95. The summed E-state index contributed by atoms with van der Waals surface area (Å²) < 4.78 is 4.60. The summed E-state index contributed by atoms with van der Waals surface area (Å²) in [6, 6.07) is 0.0688. The molecule has 0 aliphatic heterocycles. The Kier molecular flexibility index (Phi) is 5.46. The molecule has 0 saturated carbocycles. The van der Waals surface area contributed by atoms with Crippen LogP contribution in [0.3, 0.4) is 0 Å². The second-order valence-corrected chi connectivity index (χ2v) is 3.72. The highest BCUT2D eigenvalue weighted by atomic mass is 16.5. The van der Waals surface area contributed by atoms with Crippen molar-refractivity contribution in [3.63, 3.8) is 0 Å². The van der Waals surface area contributed by atoms with Crippen LogP contribution in [0.2, 0.25) is 0 Å². The van der Waals surface area contributed by atoms with Gasteiger partial charge in [0.05, 0.1) is 6.61 Å². The summed E-state index contributed by atoms with van der Waals surface area (Å²) >= 11 is 0. The molecule has 4 N–H and O–H groups in total. The van der Waals surface area contributed by atoms with E-state index in [0.717, 1.165) is 0 Å². The Balaban J connectivity index is 3.61. The standard InChI is InChI=1S/C9H20N2O2/c1-6(2)7(3)8(10)4-5-13-9(11)12/h6-8H,4-5,10H2,1-3H3,(H2,11,12). The first-order valence-electron chi connectivity index (χ1n) is 4.63. The van der Waals surface area contributed by atoms with Crippen LogP contribution in [-0.2, 0) is 4.74 Å². The van der Waals surface area contributed by atoms with Crippen LogP contribution in [0.1, 0.15) is 27.2 Å². The number of nitrogens with two attached hydrogens (primary N) is 2. The number of hydrogen-bond donors (Lipinski definition) is 2. The van der Waals surface area contributed by atoms with E-state index in [-0.39, 0.29) is 6.04 Å². The fourth-order valence-electron chi connectivity index (χ4n) is 1.05. The number of amides is 1. The lowest BCUT2D eigenvalue weighted by molar-refractivity contribution is 0.148. The minimum atomic E-state index is -0.732. The zero-order chi connectivity index (χ0) is 10.4. The molecule has 0 bridgehead atoms. The number of rotatable bonds is 5. The summed E-state index contributed by atoms with van der Waals surface area (Å²) in [5.74, 6) is 0.972. The summed E-state index contributed by atoms with van der Waals surface area (Å²) in [6.07, 6.45) is -0.0631. The Bertz CT molecular complexity index is 160. The molecule has 4 nitrogen and oxygen atoms in total. The monoisotopic (exact) mass is 188 g/mol. The molecule has 0 aromatic heterocycles. The smallest absolute Gasteiger partial charge is 0.404 e. The van der Waals surface area contributed by atoms with Crippen molar-refractivity contribution in [2.75, 3.05) is 6.61 Å². The summed E-state index contributed by atoms with van der Waals surface area (Å²) in [5.41, 5.74) is 10.7. The third-order valence-corrected chi connectivity index (χ3v) is 2.42. The van der Waals surface area contributed by atoms with Crippen LogP contribution in [0, 0.1) is 11.8 Å². The van der Waals surface area contributed by atoms with Crippen LogP contribution in [0.25, 0.3) is 0 Å². The molecule has 0 aliphatic carbocycles. The van der Waals surface area contributed by atoms with Crippen LogP contribution >= 0.6 is 0 Å². The quantitative estimate of drug-likeness (QED) is 0.678. The maximum Gasteiger partial charge on any atom is 0.404 e. The third-order valence-electron chi connectivity index (χ3n) is 2.42. The molecule has 0 fully saturated rings. The van der Waals surface area contributed by atoms with E-state index in [1.54, 1.807) is 0 Å². The van der Waals surface area contributed by atoms with Gasteiger partial charge in [-0.2, -0.15) is 0 Å². The molecule has 0 heterocycles. The van der Waals surface area contributed by atoms with E-state index < -0.39 is 6.09 Å². The van der Waals surface area contributed by atoms with Gasteiger partial charge < -0.3 is 16.2 Å². The molecule has 0 aliphatic rings. The van der Waals surface area contributed by atoms with Gasteiger partial charge in [0.1, 0.15) is 0 Å². The Morgan fingerprint density at radius 2 is 1.92 bits per heavy atom. The molecule has 0 rings (SSSR count). The Hall–Kier alpha value is -0.770. The fraction of sp³-hybridized carbons (Fsp3) is 0.889. The largest absolute Gasteiger partial charge is 0.450 e. The lowest BCUT2D eigenvalue weighted by atomic mass is 9.89. The van der Waals surface area contributed by atoms with E-state index in [9.17, 15) is 4.79 Å². The highest BCUT2D eigenvalue weighted by Crippen LogP contribution is 2.14. The minimum absolute atomic E-state index is 0.0688. The van der Waals surface area contributed by atoms with E-state index in [1.165, 1.54) is 0 Å².